The van der Waals surface area contributed by atoms with Crippen LogP contribution in [0.2, 0.25) is 0 Å². The first-order valence-electron chi connectivity index (χ1n) is 12.7. The monoisotopic (exact) mass is 579 g/mol. The molecular formula is C28H33F4N5O4. The highest BCUT2D eigenvalue weighted by Gasteiger charge is 2.38. The summed E-state index contributed by atoms with van der Waals surface area (Å²) in [6, 6.07) is 4.20. The number of allylic oxidation sites excluding steroid dienone is 1. The maximum atomic E-state index is 15.7. The van der Waals surface area contributed by atoms with Crippen LogP contribution in [0.1, 0.15) is 20.8 Å². The second-order valence-electron chi connectivity index (χ2n) is 9.55. The minimum atomic E-state index is -4.88. The number of likely N-dealkylation sites (N-methyl/N-ethyl adjacent to an activating group) is 1. The Labute approximate surface area is 235 Å². The van der Waals surface area contributed by atoms with Gasteiger partial charge in [-0.3, -0.25) is 14.5 Å². The Bertz CT molecular complexity index is 1330. The van der Waals surface area contributed by atoms with E-state index in [9.17, 15) is 22.8 Å². The third-order valence-corrected chi connectivity index (χ3v) is 7.00. The maximum Gasteiger partial charge on any atom is 0.416 e. The molecule has 0 radical (unpaired) electrons. The van der Waals surface area contributed by atoms with Crippen molar-refractivity contribution in [1.29, 1.82) is 0 Å². The number of rotatable bonds is 9. The van der Waals surface area contributed by atoms with Crippen molar-refractivity contribution in [2.24, 2.45) is 0 Å². The van der Waals surface area contributed by atoms with Gasteiger partial charge in [-0.2, -0.15) is 13.2 Å². The number of alkyl halides is 3. The van der Waals surface area contributed by atoms with Crippen molar-refractivity contribution in [3.63, 3.8) is 0 Å². The lowest BCUT2D eigenvalue weighted by Crippen LogP contribution is -2.55. The Morgan fingerprint density at radius 3 is 2.32 bits per heavy atom. The van der Waals surface area contributed by atoms with Crippen LogP contribution in [-0.2, 0) is 9.59 Å². The van der Waals surface area contributed by atoms with Crippen LogP contribution < -0.4 is 25.0 Å². The third kappa shape index (κ3) is 6.96. The molecule has 2 aromatic rings. The van der Waals surface area contributed by atoms with E-state index >= 15 is 4.39 Å². The minimum Gasteiger partial charge on any atom is -0.491 e. The van der Waals surface area contributed by atoms with E-state index in [4.69, 9.17) is 9.47 Å². The predicted molar refractivity (Wildman–Crippen MR) is 147 cm³/mol. The van der Waals surface area contributed by atoms with E-state index in [0.29, 0.717) is 19.3 Å². The number of piperazine rings is 1. The molecule has 0 bridgehead atoms. The molecule has 2 heterocycles. The fourth-order valence-electron chi connectivity index (χ4n) is 4.67. The highest BCUT2D eigenvalue weighted by Crippen LogP contribution is 2.39. The number of anilines is 2. The molecule has 1 aliphatic heterocycles. The lowest BCUT2D eigenvalue weighted by molar-refractivity contribution is -0.115. The van der Waals surface area contributed by atoms with E-state index in [1.54, 1.807) is 0 Å². The Morgan fingerprint density at radius 2 is 1.78 bits per heavy atom. The zero-order chi connectivity index (χ0) is 30.5. The minimum absolute atomic E-state index is 0.0198. The summed E-state index contributed by atoms with van der Waals surface area (Å²) in [5, 5.41) is 4.54. The lowest BCUT2D eigenvalue weighted by Gasteiger charge is -2.44. The number of hydrogen-bond donors (Lipinski definition) is 2. The molecule has 1 saturated heterocycles. The van der Waals surface area contributed by atoms with E-state index in [1.165, 1.54) is 38.6 Å². The largest absolute Gasteiger partial charge is 0.491 e. The summed E-state index contributed by atoms with van der Waals surface area (Å²) in [6.45, 7) is 6.06. The average Bonchev–Trinajstić information content (AvgIpc) is 2.93. The van der Waals surface area contributed by atoms with Gasteiger partial charge in [0.1, 0.15) is 5.82 Å². The van der Waals surface area contributed by atoms with E-state index < -0.39 is 29.0 Å². The van der Waals surface area contributed by atoms with Crippen molar-refractivity contribution in [3.8, 4) is 22.8 Å². The first kappa shape index (κ1) is 31.4. The molecule has 9 nitrogen and oxygen atoms in total. The van der Waals surface area contributed by atoms with Crippen molar-refractivity contribution < 1.29 is 36.6 Å². The Hall–Kier alpha value is -4.13. The Morgan fingerprint density at radius 1 is 1.12 bits per heavy atom. The molecule has 0 spiro atoms. The summed E-state index contributed by atoms with van der Waals surface area (Å²) in [5.74, 6) is -1.39. The number of hydrogen-bond acceptors (Lipinski definition) is 7. The van der Waals surface area contributed by atoms with Crippen LogP contribution >= 0.6 is 0 Å². The highest BCUT2D eigenvalue weighted by molar-refractivity contribution is 6.09. The molecule has 1 aromatic carbocycles. The molecule has 0 aliphatic carbocycles. The second kappa shape index (κ2) is 13.0. The van der Waals surface area contributed by atoms with Gasteiger partial charge in [0.15, 0.2) is 5.75 Å². The van der Waals surface area contributed by atoms with Gasteiger partial charge in [0, 0.05) is 48.7 Å². The van der Waals surface area contributed by atoms with Crippen LogP contribution in [0.25, 0.3) is 11.1 Å². The van der Waals surface area contributed by atoms with E-state index in [0.717, 1.165) is 13.0 Å². The number of benzene rings is 1. The Kier molecular flexibility index (Phi) is 9.97. The van der Waals surface area contributed by atoms with Crippen molar-refractivity contribution in [2.75, 3.05) is 44.6 Å². The molecule has 222 valence electrons. The number of ether oxygens (including phenoxy) is 2. The number of amides is 2. The average molecular weight is 580 g/mol. The molecular weight excluding hydrogens is 546 g/mol. The lowest BCUT2D eigenvalue weighted by atomic mass is 10.0. The zero-order valence-corrected chi connectivity index (χ0v) is 23.6. The van der Waals surface area contributed by atoms with Gasteiger partial charge in [-0.15, -0.1) is 0 Å². The summed E-state index contributed by atoms with van der Waals surface area (Å²) in [5.41, 5.74) is -1.41. The van der Waals surface area contributed by atoms with Crippen LogP contribution in [0.3, 0.4) is 0 Å². The van der Waals surface area contributed by atoms with Gasteiger partial charge in [-0.05, 0) is 46.0 Å². The summed E-state index contributed by atoms with van der Waals surface area (Å²) in [6.07, 6.45) is -1.98. The number of methoxy groups -OCH3 is 2. The number of nitrogens with zero attached hydrogens (tertiary/aromatic N) is 3. The quantitative estimate of drug-likeness (QED) is 0.195. The smallest absolute Gasteiger partial charge is 0.416 e. The highest BCUT2D eigenvalue weighted by atomic mass is 19.4. The third-order valence-electron chi connectivity index (χ3n) is 7.00. The molecule has 41 heavy (non-hydrogen) atoms. The van der Waals surface area contributed by atoms with Crippen LogP contribution in [0.5, 0.6) is 11.6 Å². The topological polar surface area (TPSA) is 96.0 Å². The van der Waals surface area contributed by atoms with Crippen LogP contribution in [0, 0.1) is 5.82 Å². The number of carbonyl (C=O) groups is 2. The predicted octanol–water partition coefficient (Wildman–Crippen LogP) is 4.51. The first-order chi connectivity index (χ1) is 19.4. The molecule has 1 aromatic heterocycles. The van der Waals surface area contributed by atoms with Crippen molar-refractivity contribution in [1.82, 2.24) is 15.2 Å². The molecule has 2 N–H and O–H groups in total. The second-order valence-corrected chi connectivity index (χ2v) is 9.55. The van der Waals surface area contributed by atoms with E-state index in [-0.39, 0.29) is 52.6 Å². The van der Waals surface area contributed by atoms with Gasteiger partial charge in [0.05, 0.1) is 36.7 Å². The molecule has 3 rings (SSSR count). The number of halogens is 4. The fraction of sp³-hybridized carbons (Fsp3) is 0.393. The number of pyridine rings is 1. The molecule has 0 saturated carbocycles. The summed E-state index contributed by atoms with van der Waals surface area (Å²) in [7, 11) is 4.76. The van der Waals surface area contributed by atoms with Crippen LogP contribution in [-0.4, -0.2) is 74.8 Å². The van der Waals surface area contributed by atoms with Crippen LogP contribution in [0.4, 0.5) is 28.9 Å². The fourth-order valence-corrected chi connectivity index (χ4v) is 4.67. The first-order valence-corrected chi connectivity index (χ1v) is 12.7. The van der Waals surface area contributed by atoms with Gasteiger partial charge in [-0.25, -0.2) is 9.37 Å². The number of carbonyl (C=O) groups excluding carboxylic acids is 2. The standard InChI is InChI=1S/C28H33F4N5O4/c1-7-21(28(30,31)32)20(12-33-15-38)26(39)35-23-9-19(18-8-25(40-5)27(41-6)34-11-18)22(29)10-24(23)37-13-16(2)36(4)17(3)14-37/h7-12,15-17H,13-14H2,1-6H3,(H,33,38)(H,35,39)/b20-12+,21-7+. The van der Waals surface area contributed by atoms with Crippen molar-refractivity contribution in [2.45, 2.75) is 39.0 Å². The normalized spacial score (nSPS) is 18.6. The molecule has 2 unspecified atom stereocenters. The van der Waals surface area contributed by atoms with Crippen molar-refractivity contribution in [3.05, 3.63) is 53.6 Å². The summed E-state index contributed by atoms with van der Waals surface area (Å²) in [4.78, 5) is 32.4. The van der Waals surface area contributed by atoms with Gasteiger partial charge in [0.2, 0.25) is 6.41 Å². The molecule has 1 fully saturated rings. The van der Waals surface area contributed by atoms with Crippen molar-refractivity contribution >= 4 is 23.7 Å². The Balaban J connectivity index is 2.18. The zero-order valence-electron chi connectivity index (χ0n) is 23.6. The molecule has 13 heteroatoms. The maximum absolute atomic E-state index is 15.7. The van der Waals surface area contributed by atoms with Gasteiger partial charge in [-0.1, -0.05) is 6.08 Å². The summed E-state index contributed by atoms with van der Waals surface area (Å²) < 4.78 is 67.4. The van der Waals surface area contributed by atoms with E-state index in [1.807, 2.05) is 31.1 Å². The molecule has 2 amide bonds. The number of aromatic nitrogens is 1. The van der Waals surface area contributed by atoms with Crippen LogP contribution in [0.15, 0.2) is 47.8 Å². The van der Waals surface area contributed by atoms with Gasteiger partial charge < -0.3 is 25.0 Å². The SMILES string of the molecule is C/C=C(\C(=C/NC=O)C(=O)Nc1cc(-c2cnc(OC)c(OC)c2)c(F)cc1N1CC(C)N(C)C(C)C1)C(F)(F)F. The molecule has 2 atom stereocenters. The summed E-state index contributed by atoms with van der Waals surface area (Å²) >= 11 is 0. The number of nitrogens with one attached hydrogen (secondary N) is 2. The molecule has 1 aliphatic rings. The van der Waals surface area contributed by atoms with Gasteiger partial charge in [0.25, 0.3) is 11.8 Å². The van der Waals surface area contributed by atoms with Gasteiger partial charge >= 0.3 is 6.18 Å². The van der Waals surface area contributed by atoms with E-state index in [2.05, 4.69) is 15.2 Å².